The molecule has 0 spiro atoms. The average molecular weight is 828 g/mol. The Morgan fingerprint density at radius 1 is 0.630 bits per heavy atom. The molecule has 2 aromatic heterocycles. The van der Waals surface area contributed by atoms with Gasteiger partial charge in [-0.1, -0.05) is 42.5 Å². The number of hydrogen-bond acceptors (Lipinski definition) is 2. The maximum atomic E-state index is 6.85. The zero-order valence-corrected chi connectivity index (χ0v) is 37.1. The Bertz CT molecular complexity index is 2700. The summed E-state index contributed by atoms with van der Waals surface area (Å²) < 4.78 is 12.6. The van der Waals surface area contributed by atoms with Crippen molar-refractivity contribution in [2.24, 2.45) is 0 Å². The number of hydrogen-bond donors (Lipinski definition) is 0. The van der Waals surface area contributed by atoms with Crippen molar-refractivity contribution in [3.8, 4) is 39.3 Å². The number of furan rings is 1. The van der Waals surface area contributed by atoms with Crippen molar-refractivity contribution in [1.82, 2.24) is 9.55 Å². The number of aromatic nitrogens is 2. The molecule has 0 saturated carbocycles. The van der Waals surface area contributed by atoms with Gasteiger partial charge in [0, 0.05) is 5.39 Å². The molecule has 0 unspecified atom stereocenters. The van der Waals surface area contributed by atoms with Crippen LogP contribution < -0.4 is 4.40 Å². The van der Waals surface area contributed by atoms with Gasteiger partial charge in [0.25, 0.3) is 0 Å². The molecular formula is C49H50Ge2N2O. The van der Waals surface area contributed by atoms with Crippen molar-refractivity contribution in [3.05, 3.63) is 138 Å². The van der Waals surface area contributed by atoms with E-state index >= 15 is 0 Å². The Hall–Kier alpha value is -4.32. The van der Waals surface area contributed by atoms with Crippen molar-refractivity contribution in [3.63, 3.8) is 0 Å². The molecule has 270 valence electrons. The molecule has 0 radical (unpaired) electrons. The van der Waals surface area contributed by atoms with E-state index in [4.69, 9.17) is 9.40 Å². The van der Waals surface area contributed by atoms with Crippen LogP contribution in [-0.4, -0.2) is 36.1 Å². The molecule has 1 aliphatic rings. The van der Waals surface area contributed by atoms with Gasteiger partial charge in [-0.3, -0.25) is 0 Å². The van der Waals surface area contributed by atoms with Gasteiger partial charge >= 0.3 is 250 Å². The SMILES string of the molecule is CC(C)c1cc(-c2ccc3[c](c2)[Ge]([CH3])([CH3])[CH2][Ge]([CH3])([CH3])[CH2]3)cc(C(C)C)c1-n1c(-c2cccc3c2oc2cc(-c4ccccc4)ccc23)nc2ccccc21. The van der Waals surface area contributed by atoms with Gasteiger partial charge in [-0.2, -0.15) is 0 Å². The molecule has 8 aromatic rings. The zero-order chi connectivity index (χ0) is 37.5. The summed E-state index contributed by atoms with van der Waals surface area (Å²) in [7, 11) is 0. The molecular weight excluding hydrogens is 778 g/mol. The van der Waals surface area contributed by atoms with Gasteiger partial charge in [0.05, 0.1) is 0 Å². The Morgan fingerprint density at radius 2 is 1.31 bits per heavy atom. The third-order valence-corrected chi connectivity index (χ3v) is 42.6. The van der Waals surface area contributed by atoms with Crippen molar-refractivity contribution < 1.29 is 4.42 Å². The van der Waals surface area contributed by atoms with Crippen LogP contribution >= 0.6 is 0 Å². The molecule has 0 aliphatic carbocycles. The van der Waals surface area contributed by atoms with E-state index in [9.17, 15) is 0 Å². The third-order valence-electron chi connectivity index (χ3n) is 11.8. The Labute approximate surface area is 325 Å². The second-order valence-electron chi connectivity index (χ2n) is 17.7. The number of imidazole rings is 1. The molecule has 0 N–H and O–H groups in total. The Balaban J connectivity index is 1.27. The molecule has 0 saturated heterocycles. The molecule has 9 rings (SSSR count). The molecule has 0 atom stereocenters. The van der Waals surface area contributed by atoms with Gasteiger partial charge in [0.2, 0.25) is 0 Å². The topological polar surface area (TPSA) is 31.0 Å². The van der Waals surface area contributed by atoms with E-state index in [-0.39, 0.29) is 0 Å². The molecule has 0 amide bonds. The molecule has 3 nitrogen and oxygen atoms in total. The first-order valence-corrected chi connectivity index (χ1v) is 33.6. The van der Waals surface area contributed by atoms with E-state index in [0.717, 1.165) is 49.9 Å². The van der Waals surface area contributed by atoms with E-state index < -0.39 is 26.5 Å². The third kappa shape index (κ3) is 5.99. The minimum absolute atomic E-state index is 0.297. The van der Waals surface area contributed by atoms with Crippen LogP contribution in [0, 0.1) is 0 Å². The summed E-state index contributed by atoms with van der Waals surface area (Å²) in [6.07, 6.45) is 0. The van der Waals surface area contributed by atoms with Crippen LogP contribution in [0.3, 0.4) is 0 Å². The Kier molecular flexibility index (Phi) is 8.63. The fourth-order valence-electron chi connectivity index (χ4n) is 9.61. The summed E-state index contributed by atoms with van der Waals surface area (Å²) in [5, 5.41) is 3.59. The van der Waals surface area contributed by atoms with E-state index in [1.54, 1.807) is 14.0 Å². The summed E-state index contributed by atoms with van der Waals surface area (Å²) in [6, 6.07) is 44.8. The molecule has 1 aliphatic heterocycles. The fraction of sp³-hybridized carbons (Fsp3) is 0.245. The first-order valence-electron chi connectivity index (χ1n) is 19.7. The average Bonchev–Trinajstić information content (AvgIpc) is 3.72. The van der Waals surface area contributed by atoms with E-state index in [0.29, 0.717) is 11.8 Å². The number of para-hydroxylation sites is 3. The van der Waals surface area contributed by atoms with Crippen LogP contribution in [0.1, 0.15) is 56.2 Å². The first kappa shape index (κ1) is 35.4. The normalized spacial score (nSPS) is 15.1. The van der Waals surface area contributed by atoms with Crippen LogP contribution in [0.15, 0.2) is 126 Å². The van der Waals surface area contributed by atoms with Crippen LogP contribution in [0.2, 0.25) is 27.1 Å². The second-order valence-corrected chi connectivity index (χ2v) is 41.2. The number of rotatable bonds is 6. The van der Waals surface area contributed by atoms with Gasteiger partial charge in [-0.25, -0.2) is 0 Å². The van der Waals surface area contributed by atoms with Gasteiger partial charge in [0.15, 0.2) is 0 Å². The molecule has 6 aromatic carbocycles. The Morgan fingerprint density at radius 3 is 2.06 bits per heavy atom. The van der Waals surface area contributed by atoms with Crippen molar-refractivity contribution in [2.75, 3.05) is 0 Å². The quantitative estimate of drug-likeness (QED) is 0.156. The zero-order valence-electron chi connectivity index (χ0n) is 32.9. The fourth-order valence-corrected chi connectivity index (χ4v) is 51.7. The molecule has 5 heteroatoms. The summed E-state index contributed by atoms with van der Waals surface area (Å²) >= 11 is -3.85. The predicted octanol–water partition coefficient (Wildman–Crippen LogP) is 13.4. The van der Waals surface area contributed by atoms with Gasteiger partial charge in [0.1, 0.15) is 5.58 Å². The van der Waals surface area contributed by atoms with E-state index in [2.05, 4.69) is 177 Å². The summed E-state index contributed by atoms with van der Waals surface area (Å²) in [6.45, 7) is 9.37. The summed E-state index contributed by atoms with van der Waals surface area (Å²) in [4.78, 5) is 5.42. The summed E-state index contributed by atoms with van der Waals surface area (Å²) in [5.74, 6) is 12.1. The number of nitrogens with zero attached hydrogens (tertiary/aromatic N) is 2. The van der Waals surface area contributed by atoms with Gasteiger partial charge in [-0.05, 0) is 23.3 Å². The number of fused-ring (bicyclic) bond motifs is 5. The van der Waals surface area contributed by atoms with Crippen molar-refractivity contribution in [2.45, 2.75) is 71.9 Å². The first-order chi connectivity index (χ1) is 25.9. The van der Waals surface area contributed by atoms with E-state index in [1.807, 2.05) is 0 Å². The maximum absolute atomic E-state index is 6.85. The van der Waals surface area contributed by atoms with Gasteiger partial charge in [-0.15, -0.1) is 0 Å². The van der Waals surface area contributed by atoms with Crippen LogP contribution in [0.5, 0.6) is 0 Å². The minimum atomic E-state index is -2.11. The van der Waals surface area contributed by atoms with Crippen LogP contribution in [0.4, 0.5) is 0 Å². The van der Waals surface area contributed by atoms with Crippen molar-refractivity contribution in [1.29, 1.82) is 0 Å². The van der Waals surface area contributed by atoms with E-state index in [1.165, 1.54) is 38.8 Å². The standard InChI is InChI=1S/C49H50Ge2N2O/c1-31(2)41-25-37(34-21-22-36-29-50(5,6)30-51(7,8)43(36)27-34)26-42(32(3)4)47(41)53-45-20-13-12-19-44(45)52-49(53)40-18-14-17-39-38-24-23-35(28-46(38)54-48(39)40)33-15-10-9-11-16-33/h9-28,31-32H,29-30H2,1-8H3. The monoisotopic (exact) mass is 830 g/mol. The van der Waals surface area contributed by atoms with Gasteiger partial charge < -0.3 is 0 Å². The molecule has 3 heterocycles. The number of benzene rings is 6. The van der Waals surface area contributed by atoms with Crippen molar-refractivity contribution >= 4 is 63.9 Å². The van der Waals surface area contributed by atoms with Crippen LogP contribution in [-0.2, 0) is 5.25 Å². The molecule has 0 bridgehead atoms. The molecule has 0 fully saturated rings. The van der Waals surface area contributed by atoms with Crippen LogP contribution in [0.25, 0.3) is 72.3 Å². The predicted molar refractivity (Wildman–Crippen MR) is 236 cm³/mol. The second kappa shape index (κ2) is 13.2. The summed E-state index contributed by atoms with van der Waals surface area (Å²) in [5.41, 5.74) is 15.5. The molecule has 54 heavy (non-hydrogen) atoms.